The molecule has 0 aliphatic rings. The van der Waals surface area contributed by atoms with Gasteiger partial charge in [0.15, 0.2) is 5.65 Å². The van der Waals surface area contributed by atoms with Gasteiger partial charge >= 0.3 is 5.69 Å². The van der Waals surface area contributed by atoms with Crippen molar-refractivity contribution in [3.8, 4) is 0 Å². The van der Waals surface area contributed by atoms with Gasteiger partial charge in [0, 0.05) is 18.6 Å². The van der Waals surface area contributed by atoms with E-state index in [9.17, 15) is 4.79 Å². The summed E-state index contributed by atoms with van der Waals surface area (Å²) in [5, 5.41) is 4.77. The number of hydrogen-bond acceptors (Lipinski definition) is 3. The Balaban J connectivity index is 2.09. The van der Waals surface area contributed by atoms with Gasteiger partial charge in [-0.2, -0.15) is 0 Å². The molecule has 3 heterocycles. The van der Waals surface area contributed by atoms with Crippen LogP contribution >= 0.6 is 11.6 Å². The summed E-state index contributed by atoms with van der Waals surface area (Å²) in [7, 11) is 0. The van der Waals surface area contributed by atoms with Crippen molar-refractivity contribution < 1.29 is 0 Å². The van der Waals surface area contributed by atoms with E-state index < -0.39 is 0 Å². The summed E-state index contributed by atoms with van der Waals surface area (Å²) in [6.45, 7) is 0.335. The molecule has 0 bridgehead atoms. The predicted molar refractivity (Wildman–Crippen MR) is 67.8 cm³/mol. The summed E-state index contributed by atoms with van der Waals surface area (Å²) in [4.78, 5) is 16.0. The lowest BCUT2D eigenvalue weighted by atomic mass is 10.3. The maximum absolute atomic E-state index is 12.0. The van der Waals surface area contributed by atoms with Gasteiger partial charge in [-0.3, -0.25) is 9.38 Å². The Morgan fingerprint density at radius 3 is 2.94 bits per heavy atom. The van der Waals surface area contributed by atoms with Gasteiger partial charge in [0.1, 0.15) is 0 Å². The Hall–Kier alpha value is -2.14. The van der Waals surface area contributed by atoms with Gasteiger partial charge in [0.25, 0.3) is 0 Å². The number of aromatic nitrogens is 4. The van der Waals surface area contributed by atoms with E-state index in [0.29, 0.717) is 17.2 Å². The highest BCUT2D eigenvalue weighted by Gasteiger charge is 2.08. The van der Waals surface area contributed by atoms with E-state index in [1.165, 1.54) is 9.08 Å². The van der Waals surface area contributed by atoms with Gasteiger partial charge in [-0.1, -0.05) is 17.7 Å². The Kier molecular flexibility index (Phi) is 2.60. The molecule has 0 saturated carbocycles. The maximum atomic E-state index is 12.0. The number of hydrogen-bond donors (Lipinski definition) is 0. The average molecular weight is 261 g/mol. The number of nitrogens with zero attached hydrogens (tertiary/aromatic N) is 4. The molecule has 90 valence electrons. The monoisotopic (exact) mass is 260 g/mol. The van der Waals surface area contributed by atoms with Crippen LogP contribution in [0.1, 0.15) is 5.56 Å². The number of pyridine rings is 2. The van der Waals surface area contributed by atoms with Crippen molar-refractivity contribution in [1.82, 2.24) is 19.2 Å². The van der Waals surface area contributed by atoms with Crippen LogP contribution in [0.2, 0.25) is 5.02 Å². The quantitative estimate of drug-likeness (QED) is 0.703. The van der Waals surface area contributed by atoms with Crippen LogP contribution in [0.3, 0.4) is 0 Å². The molecule has 0 unspecified atom stereocenters. The molecule has 3 rings (SSSR count). The average Bonchev–Trinajstić information content (AvgIpc) is 2.70. The van der Waals surface area contributed by atoms with Crippen LogP contribution in [0.5, 0.6) is 0 Å². The first-order valence-electron chi connectivity index (χ1n) is 5.38. The molecule has 0 spiro atoms. The number of rotatable bonds is 2. The van der Waals surface area contributed by atoms with Crippen molar-refractivity contribution in [3.05, 3.63) is 63.9 Å². The zero-order chi connectivity index (χ0) is 12.5. The van der Waals surface area contributed by atoms with Crippen LogP contribution in [0.4, 0.5) is 0 Å². The van der Waals surface area contributed by atoms with Crippen molar-refractivity contribution in [3.63, 3.8) is 0 Å². The van der Waals surface area contributed by atoms with E-state index in [1.54, 1.807) is 36.8 Å². The summed E-state index contributed by atoms with van der Waals surface area (Å²) < 4.78 is 2.88. The zero-order valence-electron chi connectivity index (χ0n) is 9.32. The molecule has 0 aliphatic heterocycles. The van der Waals surface area contributed by atoms with E-state index in [2.05, 4.69) is 10.1 Å². The predicted octanol–water partition coefficient (Wildman–Crippen LogP) is 1.59. The van der Waals surface area contributed by atoms with Crippen LogP contribution in [0, 0.1) is 0 Å². The summed E-state index contributed by atoms with van der Waals surface area (Å²) >= 11 is 6.01. The minimum Gasteiger partial charge on any atom is -0.263 e. The normalized spacial score (nSPS) is 10.9. The van der Waals surface area contributed by atoms with Gasteiger partial charge in [0.2, 0.25) is 0 Å². The third kappa shape index (κ3) is 1.78. The molecule has 3 aromatic rings. The molecular formula is C12H9ClN4O. The SMILES string of the molecule is O=c1n(Cc2ccncc2Cl)nc2ccccn12. The summed E-state index contributed by atoms with van der Waals surface area (Å²) in [6, 6.07) is 7.19. The second-order valence-electron chi connectivity index (χ2n) is 3.84. The molecule has 18 heavy (non-hydrogen) atoms. The minimum absolute atomic E-state index is 0.182. The second-order valence-corrected chi connectivity index (χ2v) is 4.24. The van der Waals surface area contributed by atoms with Gasteiger partial charge in [-0.25, -0.2) is 9.48 Å². The van der Waals surface area contributed by atoms with Crippen molar-refractivity contribution in [1.29, 1.82) is 0 Å². The Morgan fingerprint density at radius 1 is 1.28 bits per heavy atom. The molecule has 0 radical (unpaired) electrons. The molecule has 5 nitrogen and oxygen atoms in total. The molecule has 0 N–H and O–H groups in total. The van der Waals surface area contributed by atoms with E-state index in [0.717, 1.165) is 5.56 Å². The molecule has 0 amide bonds. The first kappa shape index (κ1) is 11.0. The molecule has 6 heteroatoms. The Labute approximate surface area is 107 Å². The molecule has 0 saturated heterocycles. The van der Waals surface area contributed by atoms with Crippen molar-refractivity contribution in [2.75, 3.05) is 0 Å². The highest BCUT2D eigenvalue weighted by atomic mass is 35.5. The van der Waals surface area contributed by atoms with E-state index >= 15 is 0 Å². The fourth-order valence-electron chi connectivity index (χ4n) is 1.76. The van der Waals surface area contributed by atoms with Crippen LogP contribution in [0.25, 0.3) is 5.65 Å². The third-order valence-electron chi connectivity index (χ3n) is 2.66. The lowest BCUT2D eigenvalue weighted by molar-refractivity contribution is 0.658. The second kappa shape index (κ2) is 4.27. The first-order chi connectivity index (χ1) is 8.75. The van der Waals surface area contributed by atoms with Crippen molar-refractivity contribution in [2.24, 2.45) is 0 Å². The largest absolute Gasteiger partial charge is 0.350 e. The van der Waals surface area contributed by atoms with Crippen LogP contribution in [-0.4, -0.2) is 19.2 Å². The highest BCUT2D eigenvalue weighted by Crippen LogP contribution is 2.13. The molecule has 0 aliphatic carbocycles. The van der Waals surface area contributed by atoms with Crippen LogP contribution in [0.15, 0.2) is 47.7 Å². The molecular weight excluding hydrogens is 252 g/mol. The highest BCUT2D eigenvalue weighted by molar-refractivity contribution is 6.31. The van der Waals surface area contributed by atoms with Gasteiger partial charge in [0.05, 0.1) is 11.6 Å². The van der Waals surface area contributed by atoms with Gasteiger partial charge in [-0.15, -0.1) is 5.10 Å². The Bertz CT molecular complexity index is 762. The smallest absolute Gasteiger partial charge is 0.263 e. The van der Waals surface area contributed by atoms with Crippen LogP contribution < -0.4 is 5.69 Å². The van der Waals surface area contributed by atoms with Crippen molar-refractivity contribution >= 4 is 17.2 Å². The fourth-order valence-corrected chi connectivity index (χ4v) is 1.94. The summed E-state index contributed by atoms with van der Waals surface area (Å²) in [5.41, 5.74) is 1.25. The summed E-state index contributed by atoms with van der Waals surface area (Å²) in [6.07, 6.45) is 4.88. The maximum Gasteiger partial charge on any atom is 0.350 e. The molecule has 0 aromatic carbocycles. The third-order valence-corrected chi connectivity index (χ3v) is 3.01. The molecule has 3 aromatic heterocycles. The van der Waals surface area contributed by atoms with Gasteiger partial charge < -0.3 is 0 Å². The summed E-state index contributed by atoms with van der Waals surface area (Å²) in [5.74, 6) is 0. The first-order valence-corrected chi connectivity index (χ1v) is 5.76. The molecule has 0 atom stereocenters. The topological polar surface area (TPSA) is 52.2 Å². The van der Waals surface area contributed by atoms with E-state index in [-0.39, 0.29) is 5.69 Å². The molecule has 0 fully saturated rings. The van der Waals surface area contributed by atoms with E-state index in [4.69, 9.17) is 11.6 Å². The minimum atomic E-state index is -0.182. The zero-order valence-corrected chi connectivity index (χ0v) is 10.1. The van der Waals surface area contributed by atoms with Crippen molar-refractivity contribution in [2.45, 2.75) is 6.54 Å². The van der Waals surface area contributed by atoms with Gasteiger partial charge in [-0.05, 0) is 23.8 Å². The Morgan fingerprint density at radius 2 is 2.17 bits per heavy atom. The number of fused-ring (bicyclic) bond motifs is 1. The van der Waals surface area contributed by atoms with Crippen LogP contribution in [-0.2, 0) is 6.54 Å². The fraction of sp³-hybridized carbons (Fsp3) is 0.0833. The lowest BCUT2D eigenvalue weighted by Crippen LogP contribution is -2.21. The number of halogens is 1. The lowest BCUT2D eigenvalue weighted by Gasteiger charge is -2.01. The standard InChI is InChI=1S/C12H9ClN4O/c13-10-7-14-5-4-9(10)8-17-12(18)16-6-2-1-3-11(16)15-17/h1-7H,8H2. The van der Waals surface area contributed by atoms with E-state index in [1.807, 2.05) is 6.07 Å².